The number of carbonyl (C=O) groups excluding carboxylic acids is 1. The molecule has 78 heavy (non-hydrogen) atoms. The molecule has 32 nitrogen and oxygen atoms in total. The van der Waals surface area contributed by atoms with E-state index in [0.29, 0.717) is 37.4 Å². The Morgan fingerprint density at radius 1 is 0.756 bits per heavy atom. The van der Waals surface area contributed by atoms with E-state index in [1.54, 1.807) is 0 Å². The van der Waals surface area contributed by atoms with Crippen molar-refractivity contribution in [1.29, 1.82) is 0 Å². The number of alkyl halides is 2. The van der Waals surface area contributed by atoms with Crippen LogP contribution in [0.25, 0.3) is 0 Å². The van der Waals surface area contributed by atoms with Crippen LogP contribution in [0, 0.1) is 20.2 Å². The molecule has 0 saturated carbocycles. The Bertz CT molecular complexity index is 2860. The lowest BCUT2D eigenvalue weighted by molar-refractivity contribution is -0.402. The minimum absolute atomic E-state index is 0.0195. The number of carbonyl (C=O) groups is 1. The molecule has 4 aromatic rings. The number of nitrogens with zero attached hydrogens (tertiary/aromatic N) is 8. The number of ether oxygens (including phenoxy) is 3. The summed E-state index contributed by atoms with van der Waals surface area (Å²) in [5, 5.41) is 66.0. The quantitative estimate of drug-likeness (QED) is 0.0113. The van der Waals surface area contributed by atoms with E-state index >= 15 is 0 Å². The van der Waals surface area contributed by atoms with E-state index in [1.807, 2.05) is 0 Å². The number of nitrogens with two attached hydrogens (primary N) is 1. The molecule has 10 atom stereocenters. The van der Waals surface area contributed by atoms with Crippen LogP contribution in [0.3, 0.4) is 0 Å². The summed E-state index contributed by atoms with van der Waals surface area (Å²) in [6.07, 6.45) is -6.06. The zero-order valence-electron chi connectivity index (χ0n) is 41.7. The molecule has 432 valence electrons. The van der Waals surface area contributed by atoms with Gasteiger partial charge in [0, 0.05) is 37.2 Å². The molecule has 2 aliphatic heterocycles. The number of halogens is 2. The Labute approximate surface area is 452 Å². The van der Waals surface area contributed by atoms with E-state index in [9.17, 15) is 64.2 Å². The van der Waals surface area contributed by atoms with E-state index in [4.69, 9.17) is 70.1 Å². The summed E-state index contributed by atoms with van der Waals surface area (Å²) in [5.74, 6) is -0.345. The van der Waals surface area contributed by atoms with Gasteiger partial charge in [-0.05, 0) is 64.0 Å². The predicted octanol–water partition coefficient (Wildman–Crippen LogP) is 3.63. The molecule has 2 aliphatic rings. The Hall–Kier alpha value is -5.51. The van der Waals surface area contributed by atoms with Gasteiger partial charge >= 0.3 is 44.7 Å². The average molecular weight is 1190 g/mol. The maximum atomic E-state index is 13.7. The maximum Gasteiger partial charge on any atom is 0.433 e. The standard InChI is InChI=1S/C23H31ClN5O12P.C19H27ClN5O10P/c1-3-12-37-23(33)26-17-8-11-28(22(32)25-17)21-20(31)19(30)16(41-21)14-39-42(36,27(2)10-5-4-9-24)38-13-15-6-7-18(40-15)29(34)35;1-23(8-3-2-7-20)36(31,32-10-12-4-5-15(34-12)25(29)30)33-11-13-16(26)17(27)18(35-13)24-9-6-14(21)22-19(24)28/h3,6-8,11,16,19-21,30-31H,1,4-5,9-10,12-14H2,2H3,(H,25,26,32,33);4-6,9,13,16-18,26-27H,2-3,7-8,10-11H2,1H3,(H2,21,22,28). The first-order chi connectivity index (χ1) is 37.0. The minimum atomic E-state index is -4.11. The number of nitro groups is 2. The first-order valence-electron chi connectivity index (χ1n) is 23.4. The predicted molar refractivity (Wildman–Crippen MR) is 271 cm³/mol. The summed E-state index contributed by atoms with van der Waals surface area (Å²) in [6, 6.07) is 7.42. The van der Waals surface area contributed by atoms with Crippen LogP contribution in [0.4, 0.5) is 28.2 Å². The average Bonchev–Trinajstić information content (AvgIpc) is 4.22. The van der Waals surface area contributed by atoms with Crippen molar-refractivity contribution in [2.45, 2.75) is 88.0 Å². The zero-order valence-corrected chi connectivity index (χ0v) is 45.0. The Kier molecular flexibility index (Phi) is 24.1. The second-order valence-electron chi connectivity index (χ2n) is 16.8. The maximum absolute atomic E-state index is 13.7. The topological polar surface area (TPSA) is 424 Å². The van der Waals surface area contributed by atoms with E-state index < -0.39 is 130 Å². The van der Waals surface area contributed by atoms with Gasteiger partial charge in [-0.15, -0.1) is 23.2 Å². The molecule has 10 unspecified atom stereocenters. The highest BCUT2D eigenvalue weighted by molar-refractivity contribution is 7.51. The van der Waals surface area contributed by atoms with Crippen molar-refractivity contribution in [1.82, 2.24) is 28.4 Å². The number of furan rings is 2. The number of rotatable bonds is 29. The highest BCUT2D eigenvalue weighted by Gasteiger charge is 2.47. The molecule has 0 radical (unpaired) electrons. The van der Waals surface area contributed by atoms with Gasteiger partial charge in [0.25, 0.3) is 0 Å². The molecule has 0 bridgehead atoms. The molecule has 0 aromatic carbocycles. The van der Waals surface area contributed by atoms with Crippen molar-refractivity contribution < 1.29 is 85.3 Å². The zero-order chi connectivity index (χ0) is 57.3. The summed E-state index contributed by atoms with van der Waals surface area (Å²) >= 11 is 11.4. The van der Waals surface area contributed by atoms with Gasteiger partial charge in [0.15, 0.2) is 12.5 Å². The van der Waals surface area contributed by atoms with E-state index in [-0.39, 0.29) is 42.9 Å². The summed E-state index contributed by atoms with van der Waals surface area (Å²) in [5.41, 5.74) is 3.76. The highest BCUT2D eigenvalue weighted by atomic mass is 35.5. The molecule has 7 N–H and O–H groups in total. The summed E-state index contributed by atoms with van der Waals surface area (Å²) in [4.78, 5) is 63.9. The van der Waals surface area contributed by atoms with Crippen LogP contribution in [0.1, 0.15) is 49.7 Å². The third-order valence-electron chi connectivity index (χ3n) is 11.2. The van der Waals surface area contributed by atoms with Crippen LogP contribution in [-0.2, 0) is 54.6 Å². The van der Waals surface area contributed by atoms with Gasteiger partial charge in [-0.3, -0.25) is 52.8 Å². The first-order valence-corrected chi connectivity index (χ1v) is 27.4. The number of aliphatic hydroxyl groups is 4. The first kappa shape index (κ1) is 63.3. The minimum Gasteiger partial charge on any atom is -0.445 e. The highest BCUT2D eigenvalue weighted by Crippen LogP contribution is 2.54. The van der Waals surface area contributed by atoms with Gasteiger partial charge in [0.05, 0.1) is 25.3 Å². The van der Waals surface area contributed by atoms with Crippen molar-refractivity contribution in [2.75, 3.05) is 69.8 Å². The second kappa shape index (κ2) is 29.6. The van der Waals surface area contributed by atoms with Gasteiger partial charge in [-0.1, -0.05) is 12.7 Å². The third-order valence-corrected chi connectivity index (χ3v) is 15.7. The van der Waals surface area contributed by atoms with Gasteiger partial charge in [0.1, 0.15) is 89.4 Å². The SMILES string of the molecule is C=CCOC(=O)Nc1ccn(C2OC(COP(=O)(OCc3ccc([N+](=O)[O-])o3)N(C)CCCCCl)C(O)C2O)c(=O)n1.CN(CCCCCl)P(=O)(OCc1ccc([N+](=O)[O-])o1)OCC1OC(n2ccc(N)nc2=O)C(O)C1O. The molecular formula is C42H58Cl2N10O22P2. The molecule has 6 heterocycles. The fraction of sp³-hybridized carbons (Fsp3) is 0.548. The molecule has 1 amide bonds. The lowest BCUT2D eigenvalue weighted by atomic mass is 10.1. The Morgan fingerprint density at radius 2 is 1.21 bits per heavy atom. The van der Waals surface area contributed by atoms with Crippen molar-refractivity contribution in [3.8, 4) is 0 Å². The number of amides is 1. The second-order valence-corrected chi connectivity index (χ2v) is 21.8. The molecule has 0 aliphatic carbocycles. The van der Waals surface area contributed by atoms with Crippen LogP contribution in [0.5, 0.6) is 0 Å². The lowest BCUT2D eigenvalue weighted by Crippen LogP contribution is -2.36. The number of hydrogen-bond donors (Lipinski definition) is 6. The van der Waals surface area contributed by atoms with Gasteiger partial charge in [0.2, 0.25) is 0 Å². The summed E-state index contributed by atoms with van der Waals surface area (Å²) in [7, 11) is -5.20. The smallest absolute Gasteiger partial charge is 0.433 e. The number of unbranched alkanes of at least 4 members (excludes halogenated alkanes) is 2. The number of aromatic nitrogens is 4. The van der Waals surface area contributed by atoms with E-state index in [0.717, 1.165) is 21.3 Å². The molecule has 2 saturated heterocycles. The van der Waals surface area contributed by atoms with E-state index in [1.165, 1.54) is 66.2 Å². The van der Waals surface area contributed by atoms with Crippen molar-refractivity contribution in [2.24, 2.45) is 0 Å². The molecule has 0 spiro atoms. The van der Waals surface area contributed by atoms with Crippen molar-refractivity contribution >= 4 is 68.2 Å². The van der Waals surface area contributed by atoms with Crippen LogP contribution in [0.15, 0.2) is 79.9 Å². The van der Waals surface area contributed by atoms with E-state index in [2.05, 4.69) is 21.9 Å². The number of anilines is 2. The lowest BCUT2D eigenvalue weighted by Gasteiger charge is -2.28. The van der Waals surface area contributed by atoms with Gasteiger partial charge in [-0.25, -0.2) is 32.9 Å². The van der Waals surface area contributed by atoms with Gasteiger partial charge in [-0.2, -0.15) is 9.97 Å². The molecule has 36 heteroatoms. The Morgan fingerprint density at radius 3 is 1.60 bits per heavy atom. The number of nitrogens with one attached hydrogen (secondary N) is 1. The Balaban J connectivity index is 0.000000291. The van der Waals surface area contributed by atoms with Crippen LogP contribution < -0.4 is 22.4 Å². The largest absolute Gasteiger partial charge is 0.445 e. The summed E-state index contributed by atoms with van der Waals surface area (Å²) < 4.78 is 80.1. The van der Waals surface area contributed by atoms with Crippen LogP contribution in [0.2, 0.25) is 0 Å². The molecular weight excluding hydrogens is 1130 g/mol. The number of nitrogen functional groups attached to an aromatic ring is 1. The normalized spacial score (nSPS) is 22.6. The molecule has 4 aromatic heterocycles. The van der Waals surface area contributed by atoms with Gasteiger partial charge < -0.3 is 49.2 Å². The molecule has 2 fully saturated rings. The van der Waals surface area contributed by atoms with Crippen molar-refractivity contribution in [3.05, 3.63) is 114 Å². The van der Waals surface area contributed by atoms with Crippen LogP contribution >= 0.6 is 38.7 Å². The fourth-order valence-corrected chi connectivity index (χ4v) is 10.4. The number of hydrogen-bond acceptors (Lipinski definition) is 25. The molecule has 6 rings (SSSR count). The van der Waals surface area contributed by atoms with Crippen LogP contribution in [-0.4, -0.2) is 160 Å². The fourth-order valence-electron chi connectivity index (χ4n) is 7.06. The summed E-state index contributed by atoms with van der Waals surface area (Å²) in [6.45, 7) is 2.00. The number of aliphatic hydroxyl groups excluding tert-OH is 4. The van der Waals surface area contributed by atoms with Crippen molar-refractivity contribution in [3.63, 3.8) is 0 Å². The third kappa shape index (κ3) is 17.2. The monoisotopic (exact) mass is 1190 g/mol.